The Morgan fingerprint density at radius 1 is 1.38 bits per heavy atom. The van der Waals surface area contributed by atoms with Crippen LogP contribution in [0.3, 0.4) is 0 Å². The predicted molar refractivity (Wildman–Crippen MR) is 64.3 cm³/mol. The maximum Gasteiger partial charge on any atom is 0.246 e. The van der Waals surface area contributed by atoms with Crippen LogP contribution in [0.1, 0.15) is 33.6 Å². The van der Waals surface area contributed by atoms with E-state index in [1.54, 1.807) is 0 Å². The van der Waals surface area contributed by atoms with E-state index in [0.29, 0.717) is 0 Å². The van der Waals surface area contributed by atoms with E-state index in [1.165, 1.54) is 0 Å². The summed E-state index contributed by atoms with van der Waals surface area (Å²) in [7, 11) is 1.96. The molecule has 4 heteroatoms. The van der Waals surface area contributed by atoms with E-state index in [9.17, 15) is 4.79 Å². The Balaban J connectivity index is 2.06. The second-order valence-corrected chi connectivity index (χ2v) is 5.63. The average molecular weight is 228 g/mol. The highest BCUT2D eigenvalue weighted by Gasteiger charge is 2.29. The first kappa shape index (κ1) is 13.5. The van der Waals surface area contributed by atoms with Crippen LogP contribution in [0.4, 0.5) is 0 Å². The second kappa shape index (κ2) is 5.64. The minimum absolute atomic E-state index is 0.0235. The summed E-state index contributed by atoms with van der Waals surface area (Å²) in [5, 5.41) is 6.03. The minimum atomic E-state index is -0.172. The normalized spacial score (nSPS) is 25.0. The Labute approximate surface area is 98.1 Å². The maximum atomic E-state index is 11.5. The fraction of sp³-hybridized carbons (Fsp3) is 0.917. The summed E-state index contributed by atoms with van der Waals surface area (Å²) in [5.41, 5.74) is -0.172. The smallest absolute Gasteiger partial charge is 0.246 e. The third-order valence-corrected chi connectivity index (χ3v) is 2.65. The molecule has 0 radical (unpaired) electrons. The van der Waals surface area contributed by atoms with Crippen LogP contribution in [0, 0.1) is 5.92 Å². The lowest BCUT2D eigenvalue weighted by Gasteiger charge is -2.35. The Morgan fingerprint density at radius 3 is 2.50 bits per heavy atom. The summed E-state index contributed by atoms with van der Waals surface area (Å²) in [6, 6.07) is 0. The third kappa shape index (κ3) is 4.94. The van der Waals surface area contributed by atoms with Crippen molar-refractivity contribution in [2.45, 2.75) is 45.3 Å². The summed E-state index contributed by atoms with van der Waals surface area (Å²) in [4.78, 5) is 11.5. The van der Waals surface area contributed by atoms with E-state index < -0.39 is 0 Å². The summed E-state index contributed by atoms with van der Waals surface area (Å²) < 4.78 is 5.52. The van der Waals surface area contributed by atoms with Gasteiger partial charge in [0.2, 0.25) is 5.91 Å². The van der Waals surface area contributed by atoms with Crippen LogP contribution in [0.2, 0.25) is 0 Å². The first-order valence-corrected chi connectivity index (χ1v) is 5.98. The van der Waals surface area contributed by atoms with Crippen molar-refractivity contribution in [3.8, 4) is 0 Å². The number of ether oxygens (including phenoxy) is 1. The molecule has 0 aromatic rings. The van der Waals surface area contributed by atoms with E-state index in [1.807, 2.05) is 27.8 Å². The van der Waals surface area contributed by atoms with Gasteiger partial charge in [0.15, 0.2) is 0 Å². The Kier molecular flexibility index (Phi) is 4.74. The first-order chi connectivity index (χ1) is 7.40. The Bertz CT molecular complexity index is 230. The molecular formula is C12H24N2O2. The fourth-order valence-corrected chi connectivity index (χ4v) is 1.91. The molecule has 0 spiro atoms. The van der Waals surface area contributed by atoms with Crippen LogP contribution in [-0.2, 0) is 9.53 Å². The van der Waals surface area contributed by atoms with Gasteiger partial charge in [-0.3, -0.25) is 4.79 Å². The van der Waals surface area contributed by atoms with Gasteiger partial charge in [0.05, 0.1) is 6.10 Å². The molecule has 1 saturated carbocycles. The molecule has 0 saturated heterocycles. The van der Waals surface area contributed by atoms with Gasteiger partial charge in [-0.15, -0.1) is 0 Å². The summed E-state index contributed by atoms with van der Waals surface area (Å²) in [6.07, 6.45) is 2.43. The van der Waals surface area contributed by atoms with E-state index in [2.05, 4.69) is 10.6 Å². The molecule has 0 aliphatic heterocycles. The molecule has 0 aromatic carbocycles. The van der Waals surface area contributed by atoms with Crippen LogP contribution in [0.5, 0.6) is 0 Å². The zero-order valence-electron chi connectivity index (χ0n) is 10.8. The van der Waals surface area contributed by atoms with E-state index in [4.69, 9.17) is 4.74 Å². The van der Waals surface area contributed by atoms with Crippen LogP contribution in [0.15, 0.2) is 0 Å². The molecule has 94 valence electrons. The van der Waals surface area contributed by atoms with Crippen molar-refractivity contribution in [1.82, 2.24) is 10.6 Å². The monoisotopic (exact) mass is 228 g/mol. The molecule has 1 amide bonds. The van der Waals surface area contributed by atoms with Gasteiger partial charge < -0.3 is 15.4 Å². The van der Waals surface area contributed by atoms with Gasteiger partial charge in [0.25, 0.3) is 0 Å². The van der Waals surface area contributed by atoms with Gasteiger partial charge in [-0.05, 0) is 53.1 Å². The lowest BCUT2D eigenvalue weighted by Crippen LogP contribution is -2.44. The van der Waals surface area contributed by atoms with Gasteiger partial charge in [-0.25, -0.2) is 0 Å². The van der Waals surface area contributed by atoms with Crippen molar-refractivity contribution in [2.24, 2.45) is 5.92 Å². The molecule has 4 nitrogen and oxygen atoms in total. The molecule has 0 bridgehead atoms. The van der Waals surface area contributed by atoms with Crippen LogP contribution < -0.4 is 10.6 Å². The van der Waals surface area contributed by atoms with Crippen LogP contribution in [0.25, 0.3) is 0 Å². The van der Waals surface area contributed by atoms with Crippen molar-refractivity contribution in [1.29, 1.82) is 0 Å². The molecule has 0 heterocycles. The highest BCUT2D eigenvalue weighted by Crippen LogP contribution is 2.29. The third-order valence-electron chi connectivity index (χ3n) is 2.65. The van der Waals surface area contributed by atoms with Gasteiger partial charge >= 0.3 is 0 Å². The highest BCUT2D eigenvalue weighted by atomic mass is 16.5. The SMILES string of the molecule is CNCC1CC(OCC(=O)NC(C)(C)C)C1. The predicted octanol–water partition coefficient (Wildman–Crippen LogP) is 0.916. The summed E-state index contributed by atoms with van der Waals surface area (Å²) in [5.74, 6) is 0.699. The average Bonchev–Trinajstić information content (AvgIpc) is 2.05. The van der Waals surface area contributed by atoms with Crippen molar-refractivity contribution < 1.29 is 9.53 Å². The molecule has 1 fully saturated rings. The van der Waals surface area contributed by atoms with Gasteiger partial charge in [0.1, 0.15) is 6.61 Å². The largest absolute Gasteiger partial charge is 0.368 e. The number of carbonyl (C=O) groups is 1. The molecule has 0 atom stereocenters. The molecule has 16 heavy (non-hydrogen) atoms. The Hall–Kier alpha value is -0.610. The van der Waals surface area contributed by atoms with Gasteiger partial charge in [-0.1, -0.05) is 0 Å². The second-order valence-electron chi connectivity index (χ2n) is 5.63. The lowest BCUT2D eigenvalue weighted by atomic mass is 9.82. The van der Waals surface area contributed by atoms with Crippen molar-refractivity contribution in [2.75, 3.05) is 20.2 Å². The van der Waals surface area contributed by atoms with Crippen molar-refractivity contribution >= 4 is 5.91 Å². The van der Waals surface area contributed by atoms with E-state index in [0.717, 1.165) is 25.3 Å². The molecule has 1 aliphatic carbocycles. The first-order valence-electron chi connectivity index (χ1n) is 5.98. The molecule has 1 aliphatic rings. The Morgan fingerprint density at radius 2 is 2.00 bits per heavy atom. The number of hydrogen-bond acceptors (Lipinski definition) is 3. The molecule has 0 unspecified atom stereocenters. The number of carbonyl (C=O) groups excluding carboxylic acids is 1. The molecule has 0 aromatic heterocycles. The zero-order valence-corrected chi connectivity index (χ0v) is 10.8. The van der Waals surface area contributed by atoms with Crippen LogP contribution in [-0.4, -0.2) is 37.7 Å². The number of nitrogens with one attached hydrogen (secondary N) is 2. The van der Waals surface area contributed by atoms with Crippen LogP contribution >= 0.6 is 0 Å². The summed E-state index contributed by atoms with van der Waals surface area (Å²) >= 11 is 0. The van der Waals surface area contributed by atoms with Gasteiger partial charge in [-0.2, -0.15) is 0 Å². The van der Waals surface area contributed by atoms with Gasteiger partial charge in [0, 0.05) is 5.54 Å². The molecule has 2 N–H and O–H groups in total. The van der Waals surface area contributed by atoms with E-state index in [-0.39, 0.29) is 24.2 Å². The number of rotatable bonds is 5. The maximum absolute atomic E-state index is 11.5. The lowest BCUT2D eigenvalue weighted by molar-refractivity contribution is -0.132. The number of hydrogen-bond donors (Lipinski definition) is 2. The van der Waals surface area contributed by atoms with Crippen molar-refractivity contribution in [3.63, 3.8) is 0 Å². The van der Waals surface area contributed by atoms with E-state index >= 15 is 0 Å². The zero-order chi connectivity index (χ0) is 12.2. The summed E-state index contributed by atoms with van der Waals surface area (Å²) in [6.45, 7) is 7.15. The molecular weight excluding hydrogens is 204 g/mol. The quantitative estimate of drug-likeness (QED) is 0.735. The topological polar surface area (TPSA) is 50.4 Å². The number of amides is 1. The standard InChI is InChI=1S/C12H24N2O2/c1-12(2,3)14-11(15)8-16-10-5-9(6-10)7-13-4/h9-10,13H,5-8H2,1-4H3,(H,14,15). The molecule has 1 rings (SSSR count). The van der Waals surface area contributed by atoms with Crippen molar-refractivity contribution in [3.05, 3.63) is 0 Å². The highest BCUT2D eigenvalue weighted by molar-refractivity contribution is 5.77. The fourth-order valence-electron chi connectivity index (χ4n) is 1.91. The minimum Gasteiger partial charge on any atom is -0.368 e.